The van der Waals surface area contributed by atoms with Crippen molar-refractivity contribution in [2.24, 2.45) is 0 Å². The summed E-state index contributed by atoms with van der Waals surface area (Å²) in [7, 11) is 0. The number of amides is 1. The fraction of sp³-hybridized carbons (Fsp3) is 0.333. The van der Waals surface area contributed by atoms with Gasteiger partial charge in [0.05, 0.1) is 0 Å². The Morgan fingerprint density at radius 3 is 2.24 bits per heavy atom. The number of carbonyl (C=O) groups excluding carboxylic acids is 2. The average Bonchev–Trinajstić information content (AvgIpc) is 2.66. The summed E-state index contributed by atoms with van der Waals surface area (Å²) >= 11 is 0. The first-order valence-corrected chi connectivity index (χ1v) is 8.63. The summed E-state index contributed by atoms with van der Waals surface area (Å²) in [6.07, 6.45) is -0.130. The summed E-state index contributed by atoms with van der Waals surface area (Å²) < 4.78 is 5.66. The Kier molecular flexibility index (Phi) is 6.75. The maximum Gasteiger partial charge on any atom is 0.260 e. The molecule has 0 fully saturated rings. The lowest BCUT2D eigenvalue weighted by atomic mass is 10.0. The molecule has 0 saturated carbocycles. The predicted octanol–water partition coefficient (Wildman–Crippen LogP) is 3.97. The van der Waals surface area contributed by atoms with Gasteiger partial charge >= 0.3 is 0 Å². The molecular formula is C21H25NO3. The van der Waals surface area contributed by atoms with Gasteiger partial charge < -0.3 is 10.1 Å². The van der Waals surface area contributed by atoms with Crippen LogP contribution in [0.3, 0.4) is 0 Å². The number of Topliss-reactive ketones (excluding diaryl/α,β-unsaturated/α-hetero) is 1. The third-order valence-corrected chi connectivity index (χ3v) is 4.13. The van der Waals surface area contributed by atoms with Crippen LogP contribution in [0.15, 0.2) is 54.6 Å². The minimum atomic E-state index is -0.601. The monoisotopic (exact) mass is 339 g/mol. The highest BCUT2D eigenvalue weighted by Crippen LogP contribution is 2.16. The van der Waals surface area contributed by atoms with E-state index in [0.29, 0.717) is 24.3 Å². The first kappa shape index (κ1) is 18.7. The number of ketones is 1. The second-order valence-corrected chi connectivity index (χ2v) is 6.12. The zero-order chi connectivity index (χ0) is 18.2. The fourth-order valence-electron chi connectivity index (χ4n) is 2.48. The van der Waals surface area contributed by atoms with E-state index in [1.807, 2.05) is 25.1 Å². The van der Waals surface area contributed by atoms with Crippen LogP contribution in [0.2, 0.25) is 0 Å². The Bertz CT molecular complexity index is 695. The molecule has 1 N–H and O–H groups in total. The van der Waals surface area contributed by atoms with Crippen molar-refractivity contribution in [2.45, 2.75) is 39.2 Å². The third-order valence-electron chi connectivity index (χ3n) is 4.13. The van der Waals surface area contributed by atoms with Gasteiger partial charge in [-0.25, -0.2) is 0 Å². The topological polar surface area (TPSA) is 55.4 Å². The summed E-state index contributed by atoms with van der Waals surface area (Å²) in [6, 6.07) is 17.0. The smallest absolute Gasteiger partial charge is 0.260 e. The first-order valence-electron chi connectivity index (χ1n) is 8.63. The Morgan fingerprint density at radius 1 is 1.00 bits per heavy atom. The van der Waals surface area contributed by atoms with E-state index in [9.17, 15) is 9.59 Å². The Balaban J connectivity index is 1.84. The molecule has 0 saturated heterocycles. The molecule has 0 aliphatic rings. The number of nitrogens with one attached hydrogen (secondary N) is 1. The molecule has 0 aromatic heterocycles. The molecule has 1 amide bonds. The van der Waals surface area contributed by atoms with Crippen molar-refractivity contribution in [3.05, 3.63) is 65.7 Å². The number of benzene rings is 2. The van der Waals surface area contributed by atoms with E-state index in [4.69, 9.17) is 4.74 Å². The van der Waals surface area contributed by atoms with Gasteiger partial charge in [-0.1, -0.05) is 44.2 Å². The van der Waals surface area contributed by atoms with E-state index in [1.165, 1.54) is 5.56 Å². The molecule has 2 atom stereocenters. The molecule has 0 heterocycles. The summed E-state index contributed by atoms with van der Waals surface area (Å²) in [6.45, 7) is 6.17. The van der Waals surface area contributed by atoms with Crippen LogP contribution >= 0.6 is 0 Å². The minimum absolute atomic E-state index is 0.0900. The van der Waals surface area contributed by atoms with Crippen molar-refractivity contribution in [1.29, 1.82) is 0 Å². The molecule has 4 nitrogen and oxygen atoms in total. The average molecular weight is 339 g/mol. The lowest BCUT2D eigenvalue weighted by Crippen LogP contribution is -2.38. The highest BCUT2D eigenvalue weighted by molar-refractivity contribution is 5.95. The Labute approximate surface area is 149 Å². The molecule has 0 unspecified atom stereocenters. The third kappa shape index (κ3) is 5.45. The Hall–Kier alpha value is -2.62. The van der Waals surface area contributed by atoms with E-state index in [1.54, 1.807) is 31.2 Å². The van der Waals surface area contributed by atoms with Crippen molar-refractivity contribution in [3.63, 3.8) is 0 Å². The zero-order valence-corrected chi connectivity index (χ0v) is 15.0. The highest BCUT2D eigenvalue weighted by Gasteiger charge is 2.16. The fourth-order valence-corrected chi connectivity index (χ4v) is 2.48. The van der Waals surface area contributed by atoms with Crippen molar-refractivity contribution in [3.8, 4) is 5.75 Å². The molecule has 132 valence electrons. The van der Waals surface area contributed by atoms with Crippen molar-refractivity contribution in [1.82, 2.24) is 5.32 Å². The van der Waals surface area contributed by atoms with Gasteiger partial charge in [0.15, 0.2) is 11.9 Å². The molecule has 2 aromatic rings. The van der Waals surface area contributed by atoms with Gasteiger partial charge in [-0.05, 0) is 42.7 Å². The van der Waals surface area contributed by atoms with E-state index >= 15 is 0 Å². The second kappa shape index (κ2) is 9.02. The van der Waals surface area contributed by atoms with E-state index in [0.717, 1.165) is 0 Å². The van der Waals surface area contributed by atoms with Crippen molar-refractivity contribution >= 4 is 11.7 Å². The van der Waals surface area contributed by atoms with Gasteiger partial charge in [0.1, 0.15) is 5.75 Å². The SMILES string of the molecule is CCC(=O)c1ccc(O[C@H](C)C(=O)NC[C@@H](C)c2ccccc2)cc1. The van der Waals surface area contributed by atoms with Crippen LogP contribution in [0, 0.1) is 0 Å². The quantitative estimate of drug-likeness (QED) is 0.741. The van der Waals surface area contributed by atoms with Crippen LogP contribution in [0.25, 0.3) is 0 Å². The van der Waals surface area contributed by atoms with Crippen molar-refractivity contribution in [2.75, 3.05) is 6.54 Å². The predicted molar refractivity (Wildman–Crippen MR) is 99.0 cm³/mol. The Morgan fingerprint density at radius 2 is 1.64 bits per heavy atom. The standard InChI is InChI=1S/C21H25NO3/c1-4-20(23)18-10-12-19(13-11-18)25-16(3)21(24)22-14-15(2)17-8-6-5-7-9-17/h5-13,15-16H,4,14H2,1-3H3,(H,22,24)/t15-,16-/m1/s1. The normalized spacial score (nSPS) is 12.9. The van der Waals surface area contributed by atoms with Crippen LogP contribution in [0.1, 0.15) is 49.0 Å². The highest BCUT2D eigenvalue weighted by atomic mass is 16.5. The zero-order valence-electron chi connectivity index (χ0n) is 15.0. The van der Waals surface area contributed by atoms with Crippen LogP contribution in [0.5, 0.6) is 5.75 Å². The maximum atomic E-state index is 12.2. The number of hydrogen-bond acceptors (Lipinski definition) is 3. The van der Waals surface area contributed by atoms with Gasteiger partial charge in [-0.2, -0.15) is 0 Å². The second-order valence-electron chi connectivity index (χ2n) is 6.12. The maximum absolute atomic E-state index is 12.2. The summed E-state index contributed by atoms with van der Waals surface area (Å²) in [5, 5.41) is 2.92. The molecule has 2 aromatic carbocycles. The number of carbonyl (C=O) groups is 2. The summed E-state index contributed by atoms with van der Waals surface area (Å²) in [5.41, 5.74) is 1.84. The molecule has 0 bridgehead atoms. The molecule has 0 radical (unpaired) electrons. The van der Waals surface area contributed by atoms with Gasteiger partial charge in [0.25, 0.3) is 5.91 Å². The number of ether oxygens (including phenoxy) is 1. The molecule has 2 rings (SSSR count). The largest absolute Gasteiger partial charge is 0.481 e. The van der Waals surface area contributed by atoms with Gasteiger partial charge in [0, 0.05) is 18.5 Å². The lowest BCUT2D eigenvalue weighted by Gasteiger charge is -2.17. The van der Waals surface area contributed by atoms with Crippen LogP contribution in [-0.2, 0) is 4.79 Å². The number of rotatable bonds is 8. The van der Waals surface area contributed by atoms with Crippen LogP contribution in [0.4, 0.5) is 0 Å². The van der Waals surface area contributed by atoms with Crippen molar-refractivity contribution < 1.29 is 14.3 Å². The molecule has 0 spiro atoms. The first-order chi connectivity index (χ1) is 12.0. The molecule has 0 aliphatic heterocycles. The van der Waals surface area contributed by atoms with Gasteiger partial charge in [-0.15, -0.1) is 0 Å². The summed E-state index contributed by atoms with van der Waals surface area (Å²) in [5.74, 6) is 0.742. The minimum Gasteiger partial charge on any atom is -0.481 e. The molecule has 25 heavy (non-hydrogen) atoms. The van der Waals surface area contributed by atoms with Gasteiger partial charge in [-0.3, -0.25) is 9.59 Å². The van der Waals surface area contributed by atoms with Crippen LogP contribution in [-0.4, -0.2) is 24.3 Å². The molecule has 4 heteroatoms. The number of hydrogen-bond donors (Lipinski definition) is 1. The summed E-state index contributed by atoms with van der Waals surface area (Å²) in [4.78, 5) is 23.8. The van der Waals surface area contributed by atoms with Gasteiger partial charge in [0.2, 0.25) is 0 Å². The van der Waals surface area contributed by atoms with E-state index in [2.05, 4.69) is 24.4 Å². The lowest BCUT2D eigenvalue weighted by molar-refractivity contribution is -0.127. The van der Waals surface area contributed by atoms with Crippen LogP contribution < -0.4 is 10.1 Å². The molecule has 0 aliphatic carbocycles. The van der Waals surface area contributed by atoms with E-state index in [-0.39, 0.29) is 17.6 Å². The van der Waals surface area contributed by atoms with E-state index < -0.39 is 6.10 Å². The molecular weight excluding hydrogens is 314 g/mol.